The second-order valence-electron chi connectivity index (χ2n) is 5.51. The SMILES string of the molecule is CCOC(=O)c1sc(NC(=O)Cn2c(=O)c(C#N)cn(CC)c2=O)cc1C. The van der Waals surface area contributed by atoms with Crippen molar-refractivity contribution in [2.45, 2.75) is 33.9 Å². The van der Waals surface area contributed by atoms with Gasteiger partial charge in [0, 0.05) is 12.7 Å². The fourth-order valence-electron chi connectivity index (χ4n) is 2.36. The van der Waals surface area contributed by atoms with Crippen molar-refractivity contribution in [2.24, 2.45) is 0 Å². The third-order valence-corrected chi connectivity index (χ3v) is 4.77. The summed E-state index contributed by atoms with van der Waals surface area (Å²) in [6, 6.07) is 3.33. The van der Waals surface area contributed by atoms with E-state index >= 15 is 0 Å². The molecule has 0 radical (unpaired) electrons. The number of hydrogen-bond acceptors (Lipinski definition) is 7. The number of ether oxygens (including phenoxy) is 1. The third-order valence-electron chi connectivity index (χ3n) is 3.64. The van der Waals surface area contributed by atoms with Crippen molar-refractivity contribution < 1.29 is 14.3 Å². The molecule has 0 saturated heterocycles. The summed E-state index contributed by atoms with van der Waals surface area (Å²) in [4.78, 5) is 49.0. The van der Waals surface area contributed by atoms with Crippen molar-refractivity contribution in [3.63, 3.8) is 0 Å². The molecule has 0 aliphatic heterocycles. The second kappa shape index (κ2) is 8.46. The third kappa shape index (κ3) is 4.32. The highest BCUT2D eigenvalue weighted by atomic mass is 32.1. The predicted octanol–water partition coefficient (Wildman–Crippen LogP) is 1.09. The van der Waals surface area contributed by atoms with Gasteiger partial charge >= 0.3 is 11.7 Å². The van der Waals surface area contributed by atoms with E-state index in [9.17, 15) is 19.2 Å². The molecule has 0 bridgehead atoms. The summed E-state index contributed by atoms with van der Waals surface area (Å²) in [7, 11) is 0. The molecule has 1 N–H and O–H groups in total. The topological polar surface area (TPSA) is 123 Å². The van der Waals surface area contributed by atoms with Crippen LogP contribution in [0.3, 0.4) is 0 Å². The number of nitriles is 1. The van der Waals surface area contributed by atoms with E-state index in [1.54, 1.807) is 32.9 Å². The number of thiophene rings is 1. The normalized spacial score (nSPS) is 10.3. The number of anilines is 1. The zero-order valence-corrected chi connectivity index (χ0v) is 15.9. The Morgan fingerprint density at radius 2 is 2.04 bits per heavy atom. The summed E-state index contributed by atoms with van der Waals surface area (Å²) < 4.78 is 6.84. The fourth-order valence-corrected chi connectivity index (χ4v) is 3.34. The van der Waals surface area contributed by atoms with Crippen molar-refractivity contribution in [3.05, 3.63) is 49.1 Å². The van der Waals surface area contributed by atoms with Gasteiger partial charge in [-0.1, -0.05) is 0 Å². The molecule has 0 aliphatic rings. The summed E-state index contributed by atoms with van der Waals surface area (Å²) in [6.07, 6.45) is 1.17. The van der Waals surface area contributed by atoms with Crippen molar-refractivity contribution in [2.75, 3.05) is 11.9 Å². The van der Waals surface area contributed by atoms with E-state index in [0.717, 1.165) is 11.3 Å². The summed E-state index contributed by atoms with van der Waals surface area (Å²) in [5, 5.41) is 12.0. The summed E-state index contributed by atoms with van der Waals surface area (Å²) >= 11 is 1.04. The maximum absolute atomic E-state index is 12.3. The fraction of sp³-hybridized carbons (Fsp3) is 0.353. The van der Waals surface area contributed by atoms with Crippen LogP contribution in [-0.2, 0) is 22.6 Å². The lowest BCUT2D eigenvalue weighted by atomic mass is 10.3. The molecule has 2 aromatic rings. The number of carbonyl (C=O) groups is 2. The maximum atomic E-state index is 12.3. The molecule has 10 heteroatoms. The molecule has 0 aromatic carbocycles. The number of carbonyl (C=O) groups excluding carboxylic acids is 2. The number of nitrogens with zero attached hydrogens (tertiary/aromatic N) is 3. The zero-order chi connectivity index (χ0) is 20.1. The number of esters is 1. The van der Waals surface area contributed by atoms with Gasteiger partial charge in [-0.15, -0.1) is 11.3 Å². The summed E-state index contributed by atoms with van der Waals surface area (Å²) in [5.41, 5.74) is -1.07. The van der Waals surface area contributed by atoms with Crippen LogP contribution in [0.4, 0.5) is 5.00 Å². The summed E-state index contributed by atoms with van der Waals surface area (Å²) in [6.45, 7) is 5.03. The van der Waals surface area contributed by atoms with Gasteiger partial charge in [0.25, 0.3) is 5.56 Å². The standard InChI is InChI=1S/C17H18N4O5S/c1-4-20-8-11(7-18)15(23)21(17(20)25)9-12(22)19-13-6-10(3)14(27-13)16(24)26-5-2/h6,8H,4-5,9H2,1-3H3,(H,19,22). The van der Waals surface area contributed by atoms with Gasteiger partial charge in [-0.05, 0) is 32.4 Å². The Morgan fingerprint density at radius 3 is 2.63 bits per heavy atom. The molecule has 0 unspecified atom stereocenters. The van der Waals surface area contributed by atoms with E-state index < -0.39 is 29.7 Å². The number of nitrogens with one attached hydrogen (secondary N) is 1. The minimum Gasteiger partial charge on any atom is -0.462 e. The molecule has 2 heterocycles. The van der Waals surface area contributed by atoms with Gasteiger partial charge in [0.1, 0.15) is 23.1 Å². The van der Waals surface area contributed by atoms with Gasteiger partial charge in [0.15, 0.2) is 0 Å². The minimum absolute atomic E-state index is 0.221. The van der Waals surface area contributed by atoms with Crippen LogP contribution >= 0.6 is 11.3 Å². The Labute approximate surface area is 158 Å². The molecule has 2 rings (SSSR count). The first-order valence-corrected chi connectivity index (χ1v) is 8.95. The molecule has 0 atom stereocenters. The van der Waals surface area contributed by atoms with Crippen LogP contribution in [0.15, 0.2) is 21.9 Å². The van der Waals surface area contributed by atoms with Gasteiger partial charge in [0.05, 0.1) is 11.6 Å². The van der Waals surface area contributed by atoms with E-state index in [1.165, 1.54) is 10.8 Å². The van der Waals surface area contributed by atoms with Crippen LogP contribution in [0.2, 0.25) is 0 Å². The average Bonchev–Trinajstić information content (AvgIpc) is 2.99. The minimum atomic E-state index is -0.822. The van der Waals surface area contributed by atoms with E-state index in [2.05, 4.69) is 5.32 Å². The summed E-state index contributed by atoms with van der Waals surface area (Å²) in [5.74, 6) is -1.10. The van der Waals surface area contributed by atoms with Crippen molar-refractivity contribution in [1.29, 1.82) is 5.26 Å². The van der Waals surface area contributed by atoms with Crippen LogP contribution in [-0.4, -0.2) is 27.6 Å². The first-order valence-electron chi connectivity index (χ1n) is 8.14. The lowest BCUT2D eigenvalue weighted by Crippen LogP contribution is -2.43. The second-order valence-corrected chi connectivity index (χ2v) is 6.56. The van der Waals surface area contributed by atoms with Crippen LogP contribution in [0, 0.1) is 18.3 Å². The Bertz CT molecular complexity index is 1040. The Kier molecular flexibility index (Phi) is 6.31. The smallest absolute Gasteiger partial charge is 0.348 e. The molecule has 0 fully saturated rings. The molecule has 0 spiro atoms. The van der Waals surface area contributed by atoms with Crippen LogP contribution in [0.5, 0.6) is 0 Å². The lowest BCUT2D eigenvalue weighted by Gasteiger charge is -2.09. The van der Waals surface area contributed by atoms with E-state index in [-0.39, 0.29) is 18.7 Å². The quantitative estimate of drug-likeness (QED) is 0.737. The number of amides is 1. The van der Waals surface area contributed by atoms with E-state index in [1.807, 2.05) is 0 Å². The highest BCUT2D eigenvalue weighted by Gasteiger charge is 2.18. The zero-order valence-electron chi connectivity index (χ0n) is 15.1. The molecule has 142 valence electrons. The predicted molar refractivity (Wildman–Crippen MR) is 99.0 cm³/mol. The van der Waals surface area contributed by atoms with Gasteiger partial charge in [-0.3, -0.25) is 14.2 Å². The Morgan fingerprint density at radius 1 is 1.33 bits per heavy atom. The molecule has 0 saturated carbocycles. The van der Waals surface area contributed by atoms with Gasteiger partial charge in [-0.25, -0.2) is 14.2 Å². The van der Waals surface area contributed by atoms with Gasteiger partial charge in [0.2, 0.25) is 5.91 Å². The molecule has 0 aliphatic carbocycles. The molecule has 9 nitrogen and oxygen atoms in total. The first kappa shape index (κ1) is 20.1. The largest absolute Gasteiger partial charge is 0.462 e. The lowest BCUT2D eigenvalue weighted by molar-refractivity contribution is -0.116. The van der Waals surface area contributed by atoms with Crippen LogP contribution < -0.4 is 16.6 Å². The number of aromatic nitrogens is 2. The number of aryl methyl sites for hydroxylation is 2. The molecular weight excluding hydrogens is 372 g/mol. The van der Waals surface area contributed by atoms with Crippen LogP contribution in [0.1, 0.15) is 34.6 Å². The highest BCUT2D eigenvalue weighted by Crippen LogP contribution is 2.27. The van der Waals surface area contributed by atoms with Gasteiger partial charge in [-0.2, -0.15) is 5.26 Å². The molecule has 2 aromatic heterocycles. The average molecular weight is 390 g/mol. The highest BCUT2D eigenvalue weighted by molar-refractivity contribution is 7.18. The van der Waals surface area contributed by atoms with E-state index in [0.29, 0.717) is 20.0 Å². The Hall–Kier alpha value is -3.19. The monoisotopic (exact) mass is 390 g/mol. The first-order chi connectivity index (χ1) is 12.8. The maximum Gasteiger partial charge on any atom is 0.348 e. The van der Waals surface area contributed by atoms with Crippen molar-refractivity contribution in [3.8, 4) is 6.07 Å². The number of hydrogen-bond donors (Lipinski definition) is 1. The van der Waals surface area contributed by atoms with Crippen LogP contribution in [0.25, 0.3) is 0 Å². The molecule has 1 amide bonds. The Balaban J connectivity index is 2.26. The van der Waals surface area contributed by atoms with E-state index in [4.69, 9.17) is 10.00 Å². The van der Waals surface area contributed by atoms with Crippen molar-refractivity contribution >= 4 is 28.2 Å². The molecular formula is C17H18N4O5S. The van der Waals surface area contributed by atoms with Crippen molar-refractivity contribution in [1.82, 2.24) is 9.13 Å². The number of rotatable bonds is 6. The molecule has 27 heavy (non-hydrogen) atoms. The van der Waals surface area contributed by atoms with Gasteiger partial charge < -0.3 is 10.1 Å².